The zero-order chi connectivity index (χ0) is 11.3. The normalized spacial score (nSPS) is 12.0. The molecule has 0 aliphatic carbocycles. The van der Waals surface area contributed by atoms with Gasteiger partial charge in [0.15, 0.2) is 0 Å². The molecule has 0 saturated carbocycles. The molecule has 0 aliphatic heterocycles. The summed E-state index contributed by atoms with van der Waals surface area (Å²) in [6.45, 7) is 12.2. The highest BCUT2D eigenvalue weighted by atomic mass is 15.0. The number of nitrogens with zero attached hydrogens (tertiary/aromatic N) is 1. The first kappa shape index (κ1) is 12.3. The molecule has 0 fully saturated rings. The SMILES string of the molecule is CCn1cccc1CNCCC(C)(C)C. The van der Waals surface area contributed by atoms with Crippen LogP contribution in [0.25, 0.3) is 0 Å². The van der Waals surface area contributed by atoms with Gasteiger partial charge in [-0.25, -0.2) is 0 Å². The van der Waals surface area contributed by atoms with Gasteiger partial charge in [0.25, 0.3) is 0 Å². The third-order valence-electron chi connectivity index (χ3n) is 2.62. The highest BCUT2D eigenvalue weighted by Crippen LogP contribution is 2.17. The maximum atomic E-state index is 3.50. The van der Waals surface area contributed by atoms with Crippen LogP contribution in [-0.2, 0) is 13.1 Å². The van der Waals surface area contributed by atoms with Crippen LogP contribution in [0, 0.1) is 5.41 Å². The fraction of sp³-hybridized carbons (Fsp3) is 0.692. The number of rotatable bonds is 5. The van der Waals surface area contributed by atoms with Crippen LogP contribution >= 0.6 is 0 Å². The van der Waals surface area contributed by atoms with Crippen molar-refractivity contribution < 1.29 is 0 Å². The Balaban J connectivity index is 2.26. The molecule has 0 saturated heterocycles. The Morgan fingerprint density at radius 3 is 2.67 bits per heavy atom. The van der Waals surface area contributed by atoms with Gasteiger partial charge in [-0.2, -0.15) is 0 Å². The van der Waals surface area contributed by atoms with Crippen molar-refractivity contribution in [3.05, 3.63) is 24.0 Å². The fourth-order valence-electron chi connectivity index (χ4n) is 1.60. The summed E-state index contributed by atoms with van der Waals surface area (Å²) in [4.78, 5) is 0. The Morgan fingerprint density at radius 2 is 2.07 bits per heavy atom. The quantitative estimate of drug-likeness (QED) is 0.736. The summed E-state index contributed by atoms with van der Waals surface area (Å²) in [5.41, 5.74) is 1.81. The summed E-state index contributed by atoms with van der Waals surface area (Å²) in [5, 5.41) is 3.50. The number of hydrogen-bond donors (Lipinski definition) is 1. The second-order valence-electron chi connectivity index (χ2n) is 5.27. The predicted molar refractivity (Wildman–Crippen MR) is 65.9 cm³/mol. The molecule has 0 unspecified atom stereocenters. The standard InChI is InChI=1S/C13H24N2/c1-5-15-10-6-7-12(15)11-14-9-8-13(2,3)4/h6-7,10,14H,5,8-9,11H2,1-4H3. The van der Waals surface area contributed by atoms with Crippen LogP contribution in [-0.4, -0.2) is 11.1 Å². The van der Waals surface area contributed by atoms with E-state index in [2.05, 4.69) is 55.9 Å². The lowest BCUT2D eigenvalue weighted by Crippen LogP contribution is -2.21. The lowest BCUT2D eigenvalue weighted by atomic mass is 9.92. The Bertz CT molecular complexity index is 281. The predicted octanol–water partition coefficient (Wildman–Crippen LogP) is 3.03. The molecule has 2 nitrogen and oxygen atoms in total. The maximum absolute atomic E-state index is 3.50. The number of aryl methyl sites for hydroxylation is 1. The van der Waals surface area contributed by atoms with E-state index in [4.69, 9.17) is 0 Å². The molecule has 0 aromatic carbocycles. The van der Waals surface area contributed by atoms with Crippen LogP contribution in [0.5, 0.6) is 0 Å². The van der Waals surface area contributed by atoms with Gasteiger partial charge in [-0.15, -0.1) is 0 Å². The molecule has 1 aromatic rings. The minimum Gasteiger partial charge on any atom is -0.351 e. The van der Waals surface area contributed by atoms with Gasteiger partial charge in [-0.3, -0.25) is 0 Å². The van der Waals surface area contributed by atoms with E-state index in [0.717, 1.165) is 19.6 Å². The van der Waals surface area contributed by atoms with Crippen LogP contribution in [0.15, 0.2) is 18.3 Å². The van der Waals surface area contributed by atoms with Crippen LogP contribution in [0.1, 0.15) is 39.8 Å². The van der Waals surface area contributed by atoms with E-state index in [-0.39, 0.29) is 0 Å². The summed E-state index contributed by atoms with van der Waals surface area (Å²) in [5.74, 6) is 0. The maximum Gasteiger partial charge on any atom is 0.0359 e. The van der Waals surface area contributed by atoms with Crippen LogP contribution < -0.4 is 5.32 Å². The van der Waals surface area contributed by atoms with Gasteiger partial charge in [0.2, 0.25) is 0 Å². The monoisotopic (exact) mass is 208 g/mol. The molecular weight excluding hydrogens is 184 g/mol. The average Bonchev–Trinajstić information content (AvgIpc) is 2.58. The van der Waals surface area contributed by atoms with Crippen molar-refractivity contribution in [3.63, 3.8) is 0 Å². The highest BCUT2D eigenvalue weighted by Gasteiger charge is 2.08. The van der Waals surface area contributed by atoms with Crippen LogP contribution in [0.4, 0.5) is 0 Å². The van der Waals surface area contributed by atoms with Crippen LogP contribution in [0.3, 0.4) is 0 Å². The summed E-state index contributed by atoms with van der Waals surface area (Å²) >= 11 is 0. The molecule has 0 spiro atoms. The first-order valence-electron chi connectivity index (χ1n) is 5.87. The van der Waals surface area contributed by atoms with Crippen LogP contribution in [0.2, 0.25) is 0 Å². The van der Waals surface area contributed by atoms with Crippen molar-refractivity contribution in [1.29, 1.82) is 0 Å². The van der Waals surface area contributed by atoms with E-state index in [1.54, 1.807) is 0 Å². The minimum atomic E-state index is 0.430. The largest absolute Gasteiger partial charge is 0.351 e. The highest BCUT2D eigenvalue weighted by molar-refractivity contribution is 5.06. The molecular formula is C13H24N2. The third kappa shape index (κ3) is 4.52. The van der Waals surface area contributed by atoms with Gasteiger partial charge in [0, 0.05) is 25.0 Å². The Morgan fingerprint density at radius 1 is 1.33 bits per heavy atom. The van der Waals surface area contributed by atoms with Gasteiger partial charge < -0.3 is 9.88 Å². The lowest BCUT2D eigenvalue weighted by molar-refractivity contribution is 0.365. The first-order chi connectivity index (χ1) is 7.03. The Hall–Kier alpha value is -0.760. The fourth-order valence-corrected chi connectivity index (χ4v) is 1.60. The molecule has 0 atom stereocenters. The molecule has 0 radical (unpaired) electrons. The molecule has 0 aliphatic rings. The van der Waals surface area contributed by atoms with Gasteiger partial charge >= 0.3 is 0 Å². The average molecular weight is 208 g/mol. The van der Waals surface area contributed by atoms with Crippen molar-refractivity contribution in [1.82, 2.24) is 9.88 Å². The molecule has 1 heterocycles. The molecule has 2 heteroatoms. The van der Waals surface area contributed by atoms with Crippen molar-refractivity contribution in [3.8, 4) is 0 Å². The van der Waals surface area contributed by atoms with Crippen molar-refractivity contribution in [2.24, 2.45) is 5.41 Å². The number of aromatic nitrogens is 1. The Kier molecular flexibility index (Phi) is 4.40. The summed E-state index contributed by atoms with van der Waals surface area (Å²) in [7, 11) is 0. The zero-order valence-corrected chi connectivity index (χ0v) is 10.5. The molecule has 1 N–H and O–H groups in total. The van der Waals surface area contributed by atoms with Gasteiger partial charge in [0.05, 0.1) is 0 Å². The molecule has 15 heavy (non-hydrogen) atoms. The van der Waals surface area contributed by atoms with Crippen molar-refractivity contribution in [2.45, 2.75) is 47.2 Å². The first-order valence-corrected chi connectivity index (χ1v) is 5.87. The third-order valence-corrected chi connectivity index (χ3v) is 2.62. The molecule has 1 aromatic heterocycles. The summed E-state index contributed by atoms with van der Waals surface area (Å²) in [6.07, 6.45) is 3.36. The molecule has 0 amide bonds. The van der Waals surface area contributed by atoms with Crippen molar-refractivity contribution in [2.75, 3.05) is 6.54 Å². The van der Waals surface area contributed by atoms with E-state index in [0.29, 0.717) is 5.41 Å². The zero-order valence-electron chi connectivity index (χ0n) is 10.5. The van der Waals surface area contributed by atoms with E-state index >= 15 is 0 Å². The smallest absolute Gasteiger partial charge is 0.0359 e. The molecule has 86 valence electrons. The second-order valence-corrected chi connectivity index (χ2v) is 5.27. The topological polar surface area (TPSA) is 17.0 Å². The Labute approximate surface area is 93.7 Å². The minimum absolute atomic E-state index is 0.430. The van der Waals surface area contributed by atoms with Crippen molar-refractivity contribution >= 4 is 0 Å². The molecule has 0 bridgehead atoms. The number of hydrogen-bond acceptors (Lipinski definition) is 1. The number of nitrogens with one attached hydrogen (secondary N) is 1. The second kappa shape index (κ2) is 5.36. The van der Waals surface area contributed by atoms with Gasteiger partial charge in [-0.05, 0) is 37.4 Å². The molecule has 1 rings (SSSR count). The lowest BCUT2D eigenvalue weighted by Gasteiger charge is -2.18. The van der Waals surface area contributed by atoms with E-state index in [9.17, 15) is 0 Å². The van der Waals surface area contributed by atoms with E-state index < -0.39 is 0 Å². The van der Waals surface area contributed by atoms with Gasteiger partial charge in [-0.1, -0.05) is 20.8 Å². The summed E-state index contributed by atoms with van der Waals surface area (Å²) < 4.78 is 2.28. The van der Waals surface area contributed by atoms with Gasteiger partial charge in [0.1, 0.15) is 0 Å². The summed E-state index contributed by atoms with van der Waals surface area (Å²) in [6, 6.07) is 4.30. The van der Waals surface area contributed by atoms with E-state index in [1.807, 2.05) is 0 Å². The van der Waals surface area contributed by atoms with E-state index in [1.165, 1.54) is 12.1 Å².